The van der Waals surface area contributed by atoms with Crippen LogP contribution in [-0.4, -0.2) is 14.7 Å². The monoisotopic (exact) mass is 242 g/mol. The van der Waals surface area contributed by atoms with Gasteiger partial charge in [-0.3, -0.25) is 0 Å². The standard InChI is InChI=1S/C8H8.K.H3O4P.H/c1-2-8-6-4-3-5-7-8;;1-5(2,3)4;/h2-7H,1H2;;(H3,1,2,3,4);/q;+1;;-1. The molecule has 6 heteroatoms. The zero-order chi connectivity index (χ0) is 10.3. The fraction of sp³-hybridized carbons (Fsp3) is 0. The van der Waals surface area contributed by atoms with Crippen molar-refractivity contribution in [2.24, 2.45) is 0 Å². The molecule has 0 amide bonds. The van der Waals surface area contributed by atoms with E-state index >= 15 is 0 Å². The average molecular weight is 242 g/mol. The molecule has 1 aromatic rings. The fourth-order valence-corrected chi connectivity index (χ4v) is 0.589. The molecular formula is C8H12KO4P. The van der Waals surface area contributed by atoms with Crippen molar-refractivity contribution in [3.8, 4) is 0 Å². The van der Waals surface area contributed by atoms with Crippen LogP contribution in [0.3, 0.4) is 0 Å². The van der Waals surface area contributed by atoms with E-state index in [2.05, 4.69) is 6.58 Å². The van der Waals surface area contributed by atoms with Crippen molar-refractivity contribution in [1.29, 1.82) is 0 Å². The third-order valence-electron chi connectivity index (χ3n) is 1.04. The number of benzene rings is 1. The van der Waals surface area contributed by atoms with Gasteiger partial charge >= 0.3 is 59.2 Å². The Morgan fingerprint density at radius 3 is 1.79 bits per heavy atom. The van der Waals surface area contributed by atoms with Crippen LogP contribution in [0.15, 0.2) is 36.9 Å². The molecule has 0 aliphatic carbocycles. The van der Waals surface area contributed by atoms with E-state index in [1.54, 1.807) is 0 Å². The molecule has 0 aliphatic heterocycles. The summed E-state index contributed by atoms with van der Waals surface area (Å²) in [7, 11) is -4.64. The van der Waals surface area contributed by atoms with Crippen LogP contribution >= 0.6 is 7.82 Å². The molecule has 14 heavy (non-hydrogen) atoms. The van der Waals surface area contributed by atoms with Gasteiger partial charge in [0.1, 0.15) is 0 Å². The minimum atomic E-state index is -4.64. The van der Waals surface area contributed by atoms with Gasteiger partial charge in [0.05, 0.1) is 0 Å². The molecule has 74 valence electrons. The molecule has 0 aliphatic rings. The van der Waals surface area contributed by atoms with Gasteiger partial charge < -0.3 is 16.1 Å². The van der Waals surface area contributed by atoms with Crippen LogP contribution < -0.4 is 51.4 Å². The largest absolute Gasteiger partial charge is 1.00 e. The first-order valence-corrected chi connectivity index (χ1v) is 4.96. The second-order valence-corrected chi connectivity index (χ2v) is 3.15. The summed E-state index contributed by atoms with van der Waals surface area (Å²) >= 11 is 0. The second-order valence-electron chi connectivity index (χ2n) is 2.13. The van der Waals surface area contributed by atoms with E-state index in [0.717, 1.165) is 0 Å². The molecule has 3 N–H and O–H groups in total. The Morgan fingerprint density at radius 1 is 1.21 bits per heavy atom. The first kappa shape index (κ1) is 17.1. The Morgan fingerprint density at radius 2 is 1.57 bits per heavy atom. The quantitative estimate of drug-likeness (QED) is 0.414. The second kappa shape index (κ2) is 8.97. The maximum Gasteiger partial charge on any atom is 1.00 e. The third kappa shape index (κ3) is 15.2. The SMILES string of the molecule is C=Cc1ccccc1.O=P(O)(O)O.[H-].[K+]. The Kier molecular flexibility index (Phi) is 11.0. The van der Waals surface area contributed by atoms with Crippen LogP contribution in [0.1, 0.15) is 6.99 Å². The Bertz CT molecular complexity index is 293. The van der Waals surface area contributed by atoms with Crippen molar-refractivity contribution >= 4 is 13.9 Å². The maximum atomic E-state index is 8.88. The van der Waals surface area contributed by atoms with E-state index < -0.39 is 7.82 Å². The summed E-state index contributed by atoms with van der Waals surface area (Å²) in [4.78, 5) is 21.6. The van der Waals surface area contributed by atoms with E-state index in [0.29, 0.717) is 0 Å². The van der Waals surface area contributed by atoms with E-state index in [-0.39, 0.29) is 52.8 Å². The number of hydrogen-bond acceptors (Lipinski definition) is 1. The van der Waals surface area contributed by atoms with Crippen molar-refractivity contribution in [2.75, 3.05) is 0 Å². The molecule has 0 bridgehead atoms. The van der Waals surface area contributed by atoms with E-state index in [9.17, 15) is 0 Å². The van der Waals surface area contributed by atoms with Gasteiger partial charge in [-0.15, -0.1) is 0 Å². The van der Waals surface area contributed by atoms with Crippen molar-refractivity contribution in [3.63, 3.8) is 0 Å². The van der Waals surface area contributed by atoms with Crippen LogP contribution in [-0.2, 0) is 4.57 Å². The third-order valence-corrected chi connectivity index (χ3v) is 1.04. The summed E-state index contributed by atoms with van der Waals surface area (Å²) in [6, 6.07) is 10.0. The van der Waals surface area contributed by atoms with Crippen LogP contribution in [0.4, 0.5) is 0 Å². The van der Waals surface area contributed by atoms with Gasteiger partial charge in [0.25, 0.3) is 0 Å². The minimum absolute atomic E-state index is 0. The topological polar surface area (TPSA) is 77.8 Å². The number of hydrogen-bond donors (Lipinski definition) is 3. The summed E-state index contributed by atoms with van der Waals surface area (Å²) in [5.41, 5.74) is 1.17. The summed E-state index contributed by atoms with van der Waals surface area (Å²) in [5, 5.41) is 0. The van der Waals surface area contributed by atoms with Crippen LogP contribution in [0.5, 0.6) is 0 Å². The molecule has 4 nitrogen and oxygen atoms in total. The smallest absolute Gasteiger partial charge is 1.00 e. The average Bonchev–Trinajstić information content (AvgIpc) is 2.03. The van der Waals surface area contributed by atoms with Gasteiger partial charge in [0.15, 0.2) is 0 Å². The fourth-order valence-electron chi connectivity index (χ4n) is 0.589. The molecule has 0 heterocycles. The Hall–Kier alpha value is 0.706. The molecule has 0 unspecified atom stereocenters. The summed E-state index contributed by atoms with van der Waals surface area (Å²) in [6.45, 7) is 3.63. The summed E-state index contributed by atoms with van der Waals surface area (Å²) < 4.78 is 8.88. The van der Waals surface area contributed by atoms with Crippen molar-refractivity contribution in [1.82, 2.24) is 0 Å². The van der Waals surface area contributed by atoms with Crippen LogP contribution in [0.25, 0.3) is 6.08 Å². The van der Waals surface area contributed by atoms with E-state index in [1.165, 1.54) is 5.56 Å². The van der Waals surface area contributed by atoms with Gasteiger partial charge in [-0.1, -0.05) is 43.0 Å². The first-order valence-electron chi connectivity index (χ1n) is 3.39. The Labute approximate surface area is 127 Å². The van der Waals surface area contributed by atoms with E-state index in [4.69, 9.17) is 19.2 Å². The molecule has 0 saturated heterocycles. The van der Waals surface area contributed by atoms with Crippen molar-refractivity contribution < 1.29 is 72.1 Å². The predicted molar refractivity (Wildman–Crippen MR) is 51.9 cm³/mol. The molecular weight excluding hydrogens is 230 g/mol. The van der Waals surface area contributed by atoms with Gasteiger partial charge in [-0.2, -0.15) is 0 Å². The zero-order valence-electron chi connectivity index (χ0n) is 8.87. The summed E-state index contributed by atoms with van der Waals surface area (Å²) in [6.07, 6.45) is 1.83. The molecule has 0 saturated carbocycles. The Balaban J connectivity index is -0.000000185. The van der Waals surface area contributed by atoms with Gasteiger partial charge in [0.2, 0.25) is 0 Å². The molecule has 0 fully saturated rings. The number of rotatable bonds is 1. The molecule has 0 atom stereocenters. The molecule has 1 rings (SSSR count). The van der Waals surface area contributed by atoms with Gasteiger partial charge in [0, 0.05) is 0 Å². The number of phosphoric acid groups is 1. The minimum Gasteiger partial charge on any atom is -1.00 e. The molecule has 0 spiro atoms. The van der Waals surface area contributed by atoms with E-state index in [1.807, 2.05) is 36.4 Å². The van der Waals surface area contributed by atoms with Crippen molar-refractivity contribution in [2.45, 2.75) is 0 Å². The van der Waals surface area contributed by atoms with Gasteiger partial charge in [-0.25, -0.2) is 4.57 Å². The zero-order valence-corrected chi connectivity index (χ0v) is 11.9. The molecule has 1 aromatic carbocycles. The van der Waals surface area contributed by atoms with Gasteiger partial charge in [-0.05, 0) is 5.56 Å². The van der Waals surface area contributed by atoms with Crippen LogP contribution in [0, 0.1) is 0 Å². The molecule has 0 radical (unpaired) electrons. The normalized spacial score (nSPS) is 9.07. The summed E-state index contributed by atoms with van der Waals surface area (Å²) in [5.74, 6) is 0. The predicted octanol–water partition coefficient (Wildman–Crippen LogP) is -1.48. The van der Waals surface area contributed by atoms with Crippen LogP contribution in [0.2, 0.25) is 0 Å². The maximum absolute atomic E-state index is 8.88. The van der Waals surface area contributed by atoms with Crippen molar-refractivity contribution in [3.05, 3.63) is 42.5 Å². The first-order chi connectivity index (χ1) is 5.93. The molecule has 0 aromatic heterocycles.